The summed E-state index contributed by atoms with van der Waals surface area (Å²) in [5, 5.41) is 13.6. The molecule has 0 spiro atoms. The van der Waals surface area contributed by atoms with Crippen LogP contribution in [0.15, 0.2) is 41.4 Å². The zero-order valence-corrected chi connectivity index (χ0v) is 22.6. The molecule has 0 amide bonds. The highest BCUT2D eigenvalue weighted by Gasteiger charge is 2.46. The largest absolute Gasteiger partial charge is 0.393 e. The van der Waals surface area contributed by atoms with Gasteiger partial charge in [0, 0.05) is 66.0 Å². The van der Waals surface area contributed by atoms with E-state index in [4.69, 9.17) is 0 Å². The molecule has 5 rings (SSSR count). The van der Waals surface area contributed by atoms with Crippen LogP contribution < -0.4 is 5.32 Å². The van der Waals surface area contributed by atoms with Crippen molar-refractivity contribution in [3.05, 3.63) is 58.4 Å². The number of nitrogens with zero attached hydrogens (tertiary/aromatic N) is 2. The lowest BCUT2D eigenvalue weighted by Crippen LogP contribution is -2.58. The van der Waals surface area contributed by atoms with Crippen LogP contribution in [-0.4, -0.2) is 83.3 Å². The average Bonchev–Trinajstić information content (AvgIpc) is 3.22. The molecular weight excluding hydrogens is 515 g/mol. The monoisotopic (exact) mass is 552 g/mol. The number of allylic oxidation sites excluding steroid dienone is 3. The molecule has 1 aliphatic carbocycles. The van der Waals surface area contributed by atoms with E-state index in [0.717, 1.165) is 5.56 Å². The second kappa shape index (κ2) is 10.9. The summed E-state index contributed by atoms with van der Waals surface area (Å²) in [6.45, 7) is 5.49. The molecular formula is C29H37F5N4O. The molecule has 0 bridgehead atoms. The second-order valence-corrected chi connectivity index (χ2v) is 11.6. The van der Waals surface area contributed by atoms with Crippen molar-refractivity contribution in [2.75, 3.05) is 39.5 Å². The highest BCUT2D eigenvalue weighted by Crippen LogP contribution is 2.47. The predicted molar refractivity (Wildman–Crippen MR) is 142 cm³/mol. The molecule has 3 unspecified atom stereocenters. The fourth-order valence-corrected chi connectivity index (χ4v) is 6.27. The predicted octanol–water partition coefficient (Wildman–Crippen LogP) is 5.04. The molecule has 5 nitrogen and oxygen atoms in total. The maximum Gasteiger partial charge on any atom is 0.143 e. The lowest BCUT2D eigenvalue weighted by Gasteiger charge is -2.46. The third-order valence-electron chi connectivity index (χ3n) is 8.43. The molecule has 214 valence electrons. The molecule has 1 aromatic carbocycles. The number of aromatic nitrogens is 1. The summed E-state index contributed by atoms with van der Waals surface area (Å²) in [7, 11) is 0. The number of hydrogen-bond donors (Lipinski definition) is 3. The first-order chi connectivity index (χ1) is 18.5. The number of H-pyrrole nitrogens is 1. The van der Waals surface area contributed by atoms with Crippen molar-refractivity contribution >= 4 is 10.9 Å². The van der Waals surface area contributed by atoms with Crippen molar-refractivity contribution in [2.45, 2.75) is 63.6 Å². The molecule has 0 saturated carbocycles. The van der Waals surface area contributed by atoms with E-state index in [2.05, 4.69) is 15.2 Å². The van der Waals surface area contributed by atoms with E-state index in [1.54, 1.807) is 17.9 Å². The maximum absolute atomic E-state index is 16.3. The molecule has 3 N–H and O–H groups in total. The van der Waals surface area contributed by atoms with Crippen LogP contribution in [0.3, 0.4) is 0 Å². The minimum Gasteiger partial charge on any atom is -0.393 e. The smallest absolute Gasteiger partial charge is 0.143 e. The van der Waals surface area contributed by atoms with Crippen LogP contribution in [0, 0.1) is 11.7 Å². The number of rotatable bonds is 9. The highest BCUT2D eigenvalue weighted by molar-refractivity contribution is 5.85. The van der Waals surface area contributed by atoms with Crippen LogP contribution in [0.25, 0.3) is 10.9 Å². The Balaban J connectivity index is 1.53. The Bertz CT molecular complexity index is 1270. The molecule has 1 aromatic heterocycles. The number of nitrogens with one attached hydrogen (secondary N) is 2. The van der Waals surface area contributed by atoms with Gasteiger partial charge in [-0.25, -0.2) is 17.6 Å². The number of hydrogen-bond acceptors (Lipinski definition) is 4. The van der Waals surface area contributed by atoms with E-state index in [0.29, 0.717) is 54.8 Å². The lowest BCUT2D eigenvalue weighted by atomic mass is 9.80. The van der Waals surface area contributed by atoms with Gasteiger partial charge in [-0.05, 0) is 56.5 Å². The Morgan fingerprint density at radius 1 is 1.21 bits per heavy atom. The van der Waals surface area contributed by atoms with E-state index in [1.807, 2.05) is 6.92 Å². The van der Waals surface area contributed by atoms with Crippen molar-refractivity contribution in [2.24, 2.45) is 5.92 Å². The summed E-state index contributed by atoms with van der Waals surface area (Å²) in [5.74, 6) is -1.81. The molecule has 39 heavy (non-hydrogen) atoms. The molecule has 10 heteroatoms. The molecule has 1 fully saturated rings. The molecule has 5 atom stereocenters. The fraction of sp³-hybridized carbons (Fsp3) is 0.586. The molecule has 1 saturated heterocycles. The van der Waals surface area contributed by atoms with Gasteiger partial charge in [0.05, 0.1) is 25.4 Å². The van der Waals surface area contributed by atoms with Gasteiger partial charge in [0.1, 0.15) is 23.5 Å². The van der Waals surface area contributed by atoms with Crippen LogP contribution in [0.5, 0.6) is 0 Å². The zero-order chi connectivity index (χ0) is 28.1. The summed E-state index contributed by atoms with van der Waals surface area (Å²) < 4.78 is 74.1. The standard InChI is InChI=1S/C29H37F5N4O/c1-16-9-21-20-10-18(31)5-6-23(20)36-27(21)28(38(16)14-29(3,34)15-39)25-22(32)11-24(17(2)26(25)33)35-19-12-37(13-19)8-4-7-30/h5-6,10-11,16-17,19,26,28,35-36,39H,4,7-9,12-15H2,1-3H3/t16-,17?,26?,28-,29?/m0/s1. The van der Waals surface area contributed by atoms with Crippen LogP contribution in [-0.2, 0) is 6.42 Å². The van der Waals surface area contributed by atoms with E-state index < -0.39 is 42.1 Å². The van der Waals surface area contributed by atoms with E-state index in [-0.39, 0.29) is 30.9 Å². The van der Waals surface area contributed by atoms with Gasteiger partial charge in [0.2, 0.25) is 0 Å². The Morgan fingerprint density at radius 2 is 1.95 bits per heavy atom. The third-order valence-corrected chi connectivity index (χ3v) is 8.43. The highest BCUT2D eigenvalue weighted by atomic mass is 19.2. The lowest BCUT2D eigenvalue weighted by molar-refractivity contribution is 0.0126. The van der Waals surface area contributed by atoms with Gasteiger partial charge in [-0.1, -0.05) is 6.92 Å². The zero-order valence-electron chi connectivity index (χ0n) is 22.6. The van der Waals surface area contributed by atoms with Gasteiger partial charge in [-0.15, -0.1) is 0 Å². The number of aromatic amines is 1. The number of halogens is 5. The fourth-order valence-electron chi connectivity index (χ4n) is 6.27. The Morgan fingerprint density at radius 3 is 2.64 bits per heavy atom. The summed E-state index contributed by atoms with van der Waals surface area (Å²) in [6.07, 6.45) is 0.530. The van der Waals surface area contributed by atoms with Crippen LogP contribution in [0.2, 0.25) is 0 Å². The van der Waals surface area contributed by atoms with Gasteiger partial charge in [0.25, 0.3) is 0 Å². The SMILES string of the molecule is CC1C(NC2CN(CCCF)C2)=CC(F)=C([C@H]2c3[nH]c4ccc(F)cc4c3C[C@H](C)N2CC(C)(F)CO)C1F. The molecule has 0 radical (unpaired) electrons. The first kappa shape index (κ1) is 28.1. The number of alkyl halides is 3. The van der Waals surface area contributed by atoms with E-state index >= 15 is 13.2 Å². The summed E-state index contributed by atoms with van der Waals surface area (Å²) >= 11 is 0. The van der Waals surface area contributed by atoms with Gasteiger partial charge in [-0.2, -0.15) is 0 Å². The Labute approximate surface area is 225 Å². The number of likely N-dealkylation sites (tertiary alicyclic amines) is 1. The van der Waals surface area contributed by atoms with Gasteiger partial charge in [-0.3, -0.25) is 14.2 Å². The van der Waals surface area contributed by atoms with Crippen LogP contribution in [0.1, 0.15) is 44.5 Å². The first-order valence-electron chi connectivity index (χ1n) is 13.7. The van der Waals surface area contributed by atoms with Crippen molar-refractivity contribution < 1.29 is 27.1 Å². The van der Waals surface area contributed by atoms with Crippen molar-refractivity contribution in [1.29, 1.82) is 0 Å². The second-order valence-electron chi connectivity index (χ2n) is 11.6. The summed E-state index contributed by atoms with van der Waals surface area (Å²) in [5.41, 5.74) is 0.296. The third kappa shape index (κ3) is 5.35. The Hall–Kier alpha value is -2.43. The van der Waals surface area contributed by atoms with Crippen molar-refractivity contribution in [3.63, 3.8) is 0 Å². The first-order valence-corrected chi connectivity index (χ1v) is 13.7. The summed E-state index contributed by atoms with van der Waals surface area (Å²) in [4.78, 5) is 7.05. The van der Waals surface area contributed by atoms with Crippen LogP contribution >= 0.6 is 0 Å². The van der Waals surface area contributed by atoms with Gasteiger partial charge < -0.3 is 15.4 Å². The minimum absolute atomic E-state index is 0.0260. The topological polar surface area (TPSA) is 54.5 Å². The van der Waals surface area contributed by atoms with Gasteiger partial charge in [0.15, 0.2) is 0 Å². The number of aliphatic hydroxyl groups excluding tert-OH is 1. The van der Waals surface area contributed by atoms with Crippen molar-refractivity contribution in [1.82, 2.24) is 20.1 Å². The number of fused-ring (bicyclic) bond motifs is 3. The molecule has 2 aromatic rings. The van der Waals surface area contributed by atoms with Crippen LogP contribution in [0.4, 0.5) is 22.0 Å². The van der Waals surface area contributed by atoms with E-state index in [9.17, 15) is 13.9 Å². The maximum atomic E-state index is 16.3. The van der Waals surface area contributed by atoms with E-state index in [1.165, 1.54) is 25.1 Å². The minimum atomic E-state index is -1.99. The van der Waals surface area contributed by atoms with Gasteiger partial charge >= 0.3 is 0 Å². The molecule has 2 aliphatic heterocycles. The molecule has 3 aliphatic rings. The molecule has 3 heterocycles. The number of aliphatic hydroxyl groups is 1. The quantitative estimate of drug-likeness (QED) is 0.382. The number of benzene rings is 1. The van der Waals surface area contributed by atoms with Crippen molar-refractivity contribution in [3.8, 4) is 0 Å². The average molecular weight is 553 g/mol. The summed E-state index contributed by atoms with van der Waals surface area (Å²) in [6, 6.07) is 3.07. The Kier molecular flexibility index (Phi) is 7.83. The normalized spacial score (nSPS) is 28.3.